The fourth-order valence-electron chi connectivity index (χ4n) is 3.30. The number of anilines is 2. The first-order valence-electron chi connectivity index (χ1n) is 8.50. The normalized spacial score (nSPS) is 17.8. The molecular formula is C17H18ClN7. The van der Waals surface area contributed by atoms with E-state index in [9.17, 15) is 0 Å². The number of fused-ring (bicyclic) bond motifs is 1. The van der Waals surface area contributed by atoms with Crippen molar-refractivity contribution in [2.45, 2.75) is 24.8 Å². The van der Waals surface area contributed by atoms with Crippen molar-refractivity contribution in [2.75, 3.05) is 29.9 Å². The molecule has 25 heavy (non-hydrogen) atoms. The van der Waals surface area contributed by atoms with Crippen molar-refractivity contribution in [3.05, 3.63) is 41.4 Å². The number of aromatic nitrogens is 5. The van der Waals surface area contributed by atoms with Gasteiger partial charge in [-0.3, -0.25) is 4.98 Å². The number of likely N-dealkylation sites (N-methyl/N-ethyl adjacent to an activating group) is 1. The topological polar surface area (TPSA) is 62.5 Å². The average Bonchev–Trinajstić information content (AvgIpc) is 3.33. The fraction of sp³-hybridized carbons (Fsp3) is 0.412. The van der Waals surface area contributed by atoms with Gasteiger partial charge >= 0.3 is 0 Å². The van der Waals surface area contributed by atoms with E-state index in [4.69, 9.17) is 16.7 Å². The maximum atomic E-state index is 6.26. The van der Waals surface area contributed by atoms with Gasteiger partial charge in [0.1, 0.15) is 5.82 Å². The molecule has 3 aromatic rings. The SMILES string of the molecule is CN(c1ccncc1Cl)C1CN(c2ccc3nnc(C4CC4)n3n2)C1. The standard InChI is InChI=1S/C17H18ClN7/c1-23(14-6-7-19-8-13(14)18)12-9-24(10-12)16-5-4-15-20-21-17(11-2-3-11)25(15)22-16/h4-8,11-12H,2-3,9-10H2,1H3. The van der Waals surface area contributed by atoms with Crippen LogP contribution in [0.5, 0.6) is 0 Å². The summed E-state index contributed by atoms with van der Waals surface area (Å²) in [4.78, 5) is 8.54. The molecule has 7 nitrogen and oxygen atoms in total. The number of pyridine rings is 1. The van der Waals surface area contributed by atoms with Crippen LogP contribution >= 0.6 is 11.6 Å². The third kappa shape index (κ3) is 2.50. The van der Waals surface area contributed by atoms with Crippen LogP contribution in [0.2, 0.25) is 5.02 Å². The van der Waals surface area contributed by atoms with Crippen molar-refractivity contribution in [2.24, 2.45) is 0 Å². The number of hydrogen-bond acceptors (Lipinski definition) is 6. The molecule has 128 valence electrons. The van der Waals surface area contributed by atoms with Gasteiger partial charge in [-0.15, -0.1) is 15.3 Å². The first-order chi connectivity index (χ1) is 12.2. The van der Waals surface area contributed by atoms with Crippen molar-refractivity contribution < 1.29 is 0 Å². The zero-order chi connectivity index (χ0) is 17.0. The summed E-state index contributed by atoms with van der Waals surface area (Å²) in [5.41, 5.74) is 1.84. The lowest BCUT2D eigenvalue weighted by molar-refractivity contribution is 0.489. The van der Waals surface area contributed by atoms with Gasteiger partial charge in [-0.25, -0.2) is 0 Å². The Morgan fingerprint density at radius 3 is 2.76 bits per heavy atom. The molecule has 0 bridgehead atoms. The van der Waals surface area contributed by atoms with Crippen molar-refractivity contribution in [1.82, 2.24) is 24.8 Å². The highest BCUT2D eigenvalue weighted by molar-refractivity contribution is 6.33. The number of rotatable bonds is 4. The zero-order valence-corrected chi connectivity index (χ0v) is 14.6. The molecule has 0 radical (unpaired) electrons. The Labute approximate surface area is 150 Å². The van der Waals surface area contributed by atoms with Gasteiger partial charge in [0.25, 0.3) is 0 Å². The fourth-order valence-corrected chi connectivity index (χ4v) is 3.55. The summed E-state index contributed by atoms with van der Waals surface area (Å²) in [7, 11) is 2.07. The van der Waals surface area contributed by atoms with Crippen molar-refractivity contribution in [3.63, 3.8) is 0 Å². The molecular weight excluding hydrogens is 338 g/mol. The Morgan fingerprint density at radius 2 is 2.00 bits per heavy atom. The van der Waals surface area contributed by atoms with E-state index in [1.165, 1.54) is 12.8 Å². The lowest BCUT2D eigenvalue weighted by atomic mass is 10.1. The Hall–Kier alpha value is -2.41. The van der Waals surface area contributed by atoms with Crippen LogP contribution in [0.1, 0.15) is 24.6 Å². The van der Waals surface area contributed by atoms with Gasteiger partial charge in [-0.2, -0.15) is 4.52 Å². The average molecular weight is 356 g/mol. The lowest BCUT2D eigenvalue weighted by Gasteiger charge is -2.45. The van der Waals surface area contributed by atoms with Crippen molar-refractivity contribution in [1.29, 1.82) is 0 Å². The first kappa shape index (κ1) is 14.9. The molecule has 1 saturated heterocycles. The molecule has 0 N–H and O–H groups in total. The third-order valence-electron chi connectivity index (χ3n) is 5.08. The molecule has 5 rings (SSSR count). The Balaban J connectivity index is 1.34. The molecule has 2 aliphatic rings. The van der Waals surface area contributed by atoms with E-state index in [1.54, 1.807) is 12.4 Å². The monoisotopic (exact) mass is 355 g/mol. The predicted octanol–water partition coefficient (Wildman–Crippen LogP) is 2.38. The Bertz CT molecular complexity index is 930. The van der Waals surface area contributed by atoms with E-state index in [0.29, 0.717) is 17.0 Å². The van der Waals surface area contributed by atoms with Crippen LogP contribution in [0.3, 0.4) is 0 Å². The zero-order valence-electron chi connectivity index (χ0n) is 13.9. The van der Waals surface area contributed by atoms with Gasteiger partial charge in [0.2, 0.25) is 0 Å². The first-order valence-corrected chi connectivity index (χ1v) is 8.88. The van der Waals surface area contributed by atoms with Crippen LogP contribution in [-0.2, 0) is 0 Å². The minimum Gasteiger partial charge on any atom is -0.367 e. The van der Waals surface area contributed by atoms with Crippen LogP contribution in [-0.4, -0.2) is 51.0 Å². The summed E-state index contributed by atoms with van der Waals surface area (Å²) in [6.07, 6.45) is 5.84. The Kier molecular flexibility index (Phi) is 3.31. The molecule has 3 aromatic heterocycles. The van der Waals surface area contributed by atoms with Gasteiger partial charge in [0.05, 0.1) is 16.8 Å². The molecule has 0 atom stereocenters. The molecule has 2 fully saturated rings. The van der Waals surface area contributed by atoms with E-state index < -0.39 is 0 Å². The second-order valence-electron chi connectivity index (χ2n) is 6.79. The van der Waals surface area contributed by atoms with Crippen molar-refractivity contribution in [3.8, 4) is 0 Å². The Morgan fingerprint density at radius 1 is 1.16 bits per heavy atom. The molecule has 0 unspecified atom stereocenters. The van der Waals surface area contributed by atoms with E-state index in [-0.39, 0.29) is 0 Å². The summed E-state index contributed by atoms with van der Waals surface area (Å²) in [5.74, 6) is 2.50. The molecule has 0 amide bonds. The van der Waals surface area contributed by atoms with Crippen LogP contribution in [0, 0.1) is 0 Å². The highest BCUT2D eigenvalue weighted by Gasteiger charge is 2.33. The molecule has 4 heterocycles. The summed E-state index contributed by atoms with van der Waals surface area (Å²) >= 11 is 6.26. The van der Waals surface area contributed by atoms with Crippen molar-refractivity contribution >= 4 is 28.8 Å². The highest BCUT2D eigenvalue weighted by atomic mass is 35.5. The highest BCUT2D eigenvalue weighted by Crippen LogP contribution is 2.39. The van der Waals surface area contributed by atoms with Gasteiger partial charge in [0, 0.05) is 38.4 Å². The van der Waals surface area contributed by atoms with Gasteiger partial charge in [-0.05, 0) is 31.0 Å². The van der Waals surface area contributed by atoms with Crippen LogP contribution in [0.15, 0.2) is 30.6 Å². The maximum Gasteiger partial charge on any atom is 0.178 e. The van der Waals surface area contributed by atoms with Crippen LogP contribution in [0.4, 0.5) is 11.5 Å². The van der Waals surface area contributed by atoms with Gasteiger partial charge < -0.3 is 9.80 Å². The van der Waals surface area contributed by atoms with Crippen LogP contribution < -0.4 is 9.80 Å². The number of hydrogen-bond donors (Lipinski definition) is 0. The van der Waals surface area contributed by atoms with E-state index >= 15 is 0 Å². The third-order valence-corrected chi connectivity index (χ3v) is 5.37. The second-order valence-corrected chi connectivity index (χ2v) is 7.20. The number of halogens is 1. The smallest absolute Gasteiger partial charge is 0.178 e. The van der Waals surface area contributed by atoms with E-state index in [1.807, 2.05) is 22.7 Å². The minimum absolute atomic E-state index is 0.404. The quantitative estimate of drug-likeness (QED) is 0.716. The largest absolute Gasteiger partial charge is 0.367 e. The summed E-state index contributed by atoms with van der Waals surface area (Å²) < 4.78 is 1.91. The second kappa shape index (κ2) is 5.56. The molecule has 0 aromatic carbocycles. The molecule has 1 aliphatic heterocycles. The molecule has 8 heteroatoms. The van der Waals surface area contributed by atoms with Crippen LogP contribution in [0.25, 0.3) is 5.65 Å². The molecule has 1 aliphatic carbocycles. The maximum absolute atomic E-state index is 6.26. The lowest BCUT2D eigenvalue weighted by Crippen LogP contribution is -2.59. The minimum atomic E-state index is 0.404. The van der Waals surface area contributed by atoms with E-state index in [0.717, 1.165) is 36.1 Å². The van der Waals surface area contributed by atoms with Gasteiger partial charge in [-0.1, -0.05) is 11.6 Å². The summed E-state index contributed by atoms with van der Waals surface area (Å²) in [6.45, 7) is 1.82. The summed E-state index contributed by atoms with van der Waals surface area (Å²) in [5, 5.41) is 14.0. The predicted molar refractivity (Wildman–Crippen MR) is 96.4 cm³/mol. The van der Waals surface area contributed by atoms with Gasteiger partial charge in [0.15, 0.2) is 11.5 Å². The molecule has 0 spiro atoms. The molecule has 1 saturated carbocycles. The summed E-state index contributed by atoms with van der Waals surface area (Å²) in [6, 6.07) is 6.38. The number of nitrogens with zero attached hydrogens (tertiary/aromatic N) is 7. The van der Waals surface area contributed by atoms with E-state index in [2.05, 4.69) is 32.0 Å².